The lowest BCUT2D eigenvalue weighted by atomic mass is 10.1. The van der Waals surface area contributed by atoms with Gasteiger partial charge in [0.15, 0.2) is 0 Å². The molecule has 1 aliphatic rings. The van der Waals surface area contributed by atoms with Crippen molar-refractivity contribution in [1.29, 1.82) is 0 Å². The van der Waals surface area contributed by atoms with Crippen molar-refractivity contribution in [3.05, 3.63) is 28.8 Å². The molecule has 1 aliphatic carbocycles. The number of hydrogen-bond donors (Lipinski definition) is 1. The van der Waals surface area contributed by atoms with Crippen molar-refractivity contribution >= 4 is 11.6 Å². The van der Waals surface area contributed by atoms with Crippen LogP contribution < -0.4 is 10.1 Å². The number of hydrogen-bond acceptors (Lipinski definition) is 2. The normalized spacial score (nSPS) is 16.6. The summed E-state index contributed by atoms with van der Waals surface area (Å²) in [6, 6.07) is 5.93. The molecular formula is C17H26ClNO. The Hall–Kier alpha value is -0.730. The molecule has 0 saturated heterocycles. The van der Waals surface area contributed by atoms with Gasteiger partial charge in [0.1, 0.15) is 5.75 Å². The Labute approximate surface area is 127 Å². The summed E-state index contributed by atoms with van der Waals surface area (Å²) in [5, 5.41) is 4.27. The third kappa shape index (κ3) is 4.68. The number of halogens is 1. The van der Waals surface area contributed by atoms with E-state index in [0.29, 0.717) is 0 Å². The Bertz CT molecular complexity index is 433. The van der Waals surface area contributed by atoms with E-state index in [1.54, 1.807) is 0 Å². The zero-order chi connectivity index (χ0) is 14.6. The van der Waals surface area contributed by atoms with Gasteiger partial charge in [-0.2, -0.15) is 0 Å². The van der Waals surface area contributed by atoms with Crippen LogP contribution in [-0.4, -0.2) is 12.1 Å². The van der Waals surface area contributed by atoms with Crippen molar-refractivity contribution in [3.8, 4) is 5.75 Å². The first-order valence-corrected chi connectivity index (χ1v) is 7.99. The summed E-state index contributed by atoms with van der Waals surface area (Å²) in [5.74, 6) is 1.65. The molecule has 112 valence electrons. The fourth-order valence-electron chi connectivity index (χ4n) is 2.58. The van der Waals surface area contributed by atoms with E-state index in [2.05, 4.69) is 26.1 Å². The second-order valence-electron chi connectivity index (χ2n) is 6.78. The second-order valence-corrected chi connectivity index (χ2v) is 7.19. The van der Waals surface area contributed by atoms with E-state index >= 15 is 0 Å². The molecule has 0 aliphatic heterocycles. The lowest BCUT2D eigenvalue weighted by Gasteiger charge is -2.22. The molecule has 1 saturated carbocycles. The molecule has 0 radical (unpaired) electrons. The summed E-state index contributed by atoms with van der Waals surface area (Å²) in [6.45, 7) is 8.03. The molecule has 1 aromatic rings. The minimum absolute atomic E-state index is 0.0713. The van der Waals surface area contributed by atoms with Crippen LogP contribution in [0.1, 0.15) is 52.0 Å². The first-order chi connectivity index (χ1) is 9.46. The molecule has 2 nitrogen and oxygen atoms in total. The van der Waals surface area contributed by atoms with Crippen molar-refractivity contribution in [2.45, 2.75) is 58.5 Å². The third-order valence-electron chi connectivity index (χ3n) is 3.82. The monoisotopic (exact) mass is 295 g/mol. The minimum atomic E-state index is 0.0713. The molecule has 20 heavy (non-hydrogen) atoms. The highest BCUT2D eigenvalue weighted by atomic mass is 35.5. The number of nitrogens with one attached hydrogen (secondary N) is 1. The Morgan fingerprint density at radius 1 is 1.25 bits per heavy atom. The molecule has 1 fully saturated rings. The number of rotatable bonds is 5. The molecule has 0 aromatic heterocycles. The van der Waals surface area contributed by atoms with Crippen LogP contribution in [0.15, 0.2) is 18.2 Å². The van der Waals surface area contributed by atoms with Gasteiger partial charge in [0.05, 0.1) is 6.61 Å². The van der Waals surface area contributed by atoms with Crippen LogP contribution in [0.3, 0.4) is 0 Å². The van der Waals surface area contributed by atoms with Gasteiger partial charge in [-0.1, -0.05) is 30.5 Å². The van der Waals surface area contributed by atoms with Crippen LogP contribution in [0.5, 0.6) is 5.75 Å². The fraction of sp³-hybridized carbons (Fsp3) is 0.647. The predicted molar refractivity (Wildman–Crippen MR) is 85.5 cm³/mol. The van der Waals surface area contributed by atoms with Gasteiger partial charge in [-0.3, -0.25) is 0 Å². The maximum Gasteiger partial charge on any atom is 0.125 e. The van der Waals surface area contributed by atoms with Crippen molar-refractivity contribution in [2.75, 3.05) is 6.61 Å². The topological polar surface area (TPSA) is 21.3 Å². The molecule has 1 N–H and O–H groups in total. The largest absolute Gasteiger partial charge is 0.493 e. The van der Waals surface area contributed by atoms with E-state index in [1.807, 2.05) is 18.2 Å². The van der Waals surface area contributed by atoms with Gasteiger partial charge in [-0.15, -0.1) is 0 Å². The van der Waals surface area contributed by atoms with Crippen molar-refractivity contribution in [3.63, 3.8) is 0 Å². The first-order valence-electron chi connectivity index (χ1n) is 7.61. The highest BCUT2D eigenvalue weighted by molar-refractivity contribution is 6.31. The zero-order valence-corrected chi connectivity index (χ0v) is 13.6. The lowest BCUT2D eigenvalue weighted by Crippen LogP contribution is -2.35. The SMILES string of the molecule is CC(C)(C)NCc1c(Cl)cccc1OCC1CCCC1. The van der Waals surface area contributed by atoms with Crippen LogP contribution in [0.25, 0.3) is 0 Å². The maximum absolute atomic E-state index is 6.33. The summed E-state index contributed by atoms with van der Waals surface area (Å²) in [4.78, 5) is 0. The molecule has 0 unspecified atom stereocenters. The van der Waals surface area contributed by atoms with Gasteiger partial charge >= 0.3 is 0 Å². The summed E-state index contributed by atoms with van der Waals surface area (Å²) in [5.41, 5.74) is 1.14. The average molecular weight is 296 g/mol. The molecule has 0 spiro atoms. The smallest absolute Gasteiger partial charge is 0.125 e. The molecule has 2 rings (SSSR count). The van der Waals surface area contributed by atoms with Gasteiger partial charge in [-0.05, 0) is 51.7 Å². The Balaban J connectivity index is 2.01. The molecule has 0 heterocycles. The molecular weight excluding hydrogens is 270 g/mol. The number of benzene rings is 1. The van der Waals surface area contributed by atoms with E-state index in [4.69, 9.17) is 16.3 Å². The summed E-state index contributed by atoms with van der Waals surface area (Å²) in [7, 11) is 0. The Morgan fingerprint density at radius 3 is 2.60 bits per heavy atom. The van der Waals surface area contributed by atoms with Gasteiger partial charge in [0.25, 0.3) is 0 Å². The van der Waals surface area contributed by atoms with Crippen LogP contribution in [0, 0.1) is 5.92 Å². The Morgan fingerprint density at radius 2 is 1.95 bits per heavy atom. The van der Waals surface area contributed by atoms with E-state index < -0.39 is 0 Å². The summed E-state index contributed by atoms with van der Waals surface area (Å²) >= 11 is 6.33. The maximum atomic E-state index is 6.33. The standard InChI is InChI=1S/C17H26ClNO/c1-17(2,3)19-11-14-15(18)9-6-10-16(14)20-12-13-7-4-5-8-13/h6,9-10,13,19H,4-5,7-8,11-12H2,1-3H3. The Kier molecular flexibility index (Phi) is 5.34. The van der Waals surface area contributed by atoms with Crippen LogP contribution in [-0.2, 0) is 6.54 Å². The van der Waals surface area contributed by atoms with Crippen LogP contribution in [0.4, 0.5) is 0 Å². The van der Waals surface area contributed by atoms with E-state index in [1.165, 1.54) is 25.7 Å². The highest BCUT2D eigenvalue weighted by Gasteiger charge is 2.17. The van der Waals surface area contributed by atoms with Crippen molar-refractivity contribution in [2.24, 2.45) is 5.92 Å². The average Bonchev–Trinajstić information content (AvgIpc) is 2.87. The quantitative estimate of drug-likeness (QED) is 0.843. The van der Waals surface area contributed by atoms with E-state index in [9.17, 15) is 0 Å². The second kappa shape index (κ2) is 6.82. The molecule has 0 amide bonds. The van der Waals surface area contributed by atoms with Gasteiger partial charge in [0, 0.05) is 22.7 Å². The lowest BCUT2D eigenvalue weighted by molar-refractivity contribution is 0.249. The van der Waals surface area contributed by atoms with E-state index in [0.717, 1.165) is 35.4 Å². The van der Waals surface area contributed by atoms with Crippen molar-refractivity contribution < 1.29 is 4.74 Å². The highest BCUT2D eigenvalue weighted by Crippen LogP contribution is 2.30. The predicted octanol–water partition coefficient (Wildman–Crippen LogP) is 4.80. The fourth-order valence-corrected chi connectivity index (χ4v) is 2.82. The van der Waals surface area contributed by atoms with E-state index in [-0.39, 0.29) is 5.54 Å². The zero-order valence-electron chi connectivity index (χ0n) is 12.8. The molecule has 0 bridgehead atoms. The summed E-state index contributed by atoms with van der Waals surface area (Å²) < 4.78 is 6.04. The van der Waals surface area contributed by atoms with Gasteiger partial charge < -0.3 is 10.1 Å². The number of ether oxygens (including phenoxy) is 1. The molecule has 0 atom stereocenters. The molecule has 1 aromatic carbocycles. The van der Waals surface area contributed by atoms with Crippen molar-refractivity contribution in [1.82, 2.24) is 5.32 Å². The van der Waals surface area contributed by atoms with Gasteiger partial charge in [-0.25, -0.2) is 0 Å². The third-order valence-corrected chi connectivity index (χ3v) is 4.17. The minimum Gasteiger partial charge on any atom is -0.493 e. The first kappa shape index (κ1) is 15.7. The van der Waals surface area contributed by atoms with Crippen LogP contribution >= 0.6 is 11.6 Å². The van der Waals surface area contributed by atoms with Crippen LogP contribution in [0.2, 0.25) is 5.02 Å². The van der Waals surface area contributed by atoms with Gasteiger partial charge in [0.2, 0.25) is 0 Å². The summed E-state index contributed by atoms with van der Waals surface area (Å²) in [6.07, 6.45) is 5.30. The molecule has 3 heteroatoms.